The lowest BCUT2D eigenvalue weighted by atomic mass is 9.99. The van der Waals surface area contributed by atoms with E-state index in [0.29, 0.717) is 5.75 Å². The molecule has 1 aromatic carbocycles. The van der Waals surface area contributed by atoms with Gasteiger partial charge in [0.1, 0.15) is 5.75 Å². The Bertz CT molecular complexity index is 317. The molecule has 0 spiro atoms. The van der Waals surface area contributed by atoms with Crippen LogP contribution in [0.2, 0.25) is 0 Å². The molecule has 0 amide bonds. The Kier molecular flexibility index (Phi) is 6.76. The van der Waals surface area contributed by atoms with Gasteiger partial charge in [0.25, 0.3) is 0 Å². The number of hydrogen-bond donors (Lipinski definition) is 1. The Morgan fingerprint density at radius 1 is 0.882 bits per heavy atom. The predicted molar refractivity (Wildman–Crippen MR) is 74.6 cm³/mol. The molecule has 1 rings (SSSR count). The van der Waals surface area contributed by atoms with Crippen molar-refractivity contribution in [3.63, 3.8) is 0 Å². The smallest absolute Gasteiger partial charge is 0.115 e. The van der Waals surface area contributed by atoms with Crippen molar-refractivity contribution in [3.05, 3.63) is 29.3 Å². The predicted octanol–water partition coefficient (Wildman–Crippen LogP) is 4.86. The molecular weight excluding hydrogens is 208 g/mol. The van der Waals surface area contributed by atoms with E-state index in [0.717, 1.165) is 12.8 Å². The molecule has 0 heterocycles. The molecule has 17 heavy (non-hydrogen) atoms. The normalized spacial score (nSPS) is 10.7. The molecule has 0 aliphatic rings. The van der Waals surface area contributed by atoms with E-state index in [1.54, 1.807) is 0 Å². The second kappa shape index (κ2) is 8.16. The first-order valence-electron chi connectivity index (χ1n) is 7.08. The number of phenols is 1. The summed E-state index contributed by atoms with van der Waals surface area (Å²) in [6, 6.07) is 5.80. The van der Waals surface area contributed by atoms with Crippen molar-refractivity contribution in [2.45, 2.75) is 65.2 Å². The summed E-state index contributed by atoms with van der Waals surface area (Å²) in [7, 11) is 0. The summed E-state index contributed by atoms with van der Waals surface area (Å²) in [4.78, 5) is 0. The minimum absolute atomic E-state index is 0.397. The van der Waals surface area contributed by atoms with Gasteiger partial charge in [0, 0.05) is 0 Å². The molecule has 96 valence electrons. The van der Waals surface area contributed by atoms with Crippen molar-refractivity contribution < 1.29 is 5.11 Å². The maximum atomic E-state index is 9.44. The first-order chi connectivity index (χ1) is 8.27. The Balaban J connectivity index is 2.31. The summed E-state index contributed by atoms with van der Waals surface area (Å²) in [5, 5.41) is 9.44. The molecule has 1 N–H and O–H groups in total. The lowest BCUT2D eigenvalue weighted by Gasteiger charge is -2.08. The van der Waals surface area contributed by atoms with E-state index in [1.807, 2.05) is 12.1 Å². The summed E-state index contributed by atoms with van der Waals surface area (Å²) < 4.78 is 0. The van der Waals surface area contributed by atoms with Crippen LogP contribution in [-0.4, -0.2) is 5.11 Å². The standard InChI is InChI=1S/C16H26O/c1-3-5-6-7-8-9-10-15-11-12-16(17)13-14(15)4-2/h11-13,17H,3-10H2,1-2H3. The molecule has 0 bridgehead atoms. The number of aromatic hydroxyl groups is 1. The molecule has 0 atom stereocenters. The number of aryl methyl sites for hydroxylation is 2. The average Bonchev–Trinajstić information content (AvgIpc) is 2.35. The van der Waals surface area contributed by atoms with Crippen molar-refractivity contribution in [2.24, 2.45) is 0 Å². The molecule has 0 fully saturated rings. The highest BCUT2D eigenvalue weighted by Crippen LogP contribution is 2.19. The molecule has 0 saturated carbocycles. The molecular formula is C16H26O. The molecule has 0 aliphatic heterocycles. The van der Waals surface area contributed by atoms with Crippen LogP contribution in [0.5, 0.6) is 5.75 Å². The second-order valence-electron chi connectivity index (χ2n) is 4.82. The third-order valence-corrected chi connectivity index (χ3v) is 3.37. The van der Waals surface area contributed by atoms with E-state index in [4.69, 9.17) is 0 Å². The SMILES string of the molecule is CCCCCCCCc1ccc(O)cc1CC. The van der Waals surface area contributed by atoms with Crippen LogP contribution in [0.4, 0.5) is 0 Å². The van der Waals surface area contributed by atoms with Crippen LogP contribution in [-0.2, 0) is 12.8 Å². The van der Waals surface area contributed by atoms with Crippen LogP contribution >= 0.6 is 0 Å². The quantitative estimate of drug-likeness (QED) is 0.637. The molecule has 0 saturated heterocycles. The zero-order valence-electron chi connectivity index (χ0n) is 11.3. The van der Waals surface area contributed by atoms with Crippen LogP contribution in [0.15, 0.2) is 18.2 Å². The van der Waals surface area contributed by atoms with Gasteiger partial charge in [0.2, 0.25) is 0 Å². The largest absolute Gasteiger partial charge is 0.508 e. The molecule has 0 aromatic heterocycles. The highest BCUT2D eigenvalue weighted by molar-refractivity contribution is 5.34. The molecule has 0 radical (unpaired) electrons. The van der Waals surface area contributed by atoms with Gasteiger partial charge >= 0.3 is 0 Å². The van der Waals surface area contributed by atoms with Crippen molar-refractivity contribution in [3.8, 4) is 5.75 Å². The number of rotatable bonds is 8. The van der Waals surface area contributed by atoms with Gasteiger partial charge in [-0.1, -0.05) is 52.0 Å². The molecule has 1 aromatic rings. The number of phenolic OH excluding ortho intramolecular Hbond substituents is 1. The Hall–Kier alpha value is -0.980. The van der Waals surface area contributed by atoms with Gasteiger partial charge in [0.05, 0.1) is 0 Å². The number of benzene rings is 1. The van der Waals surface area contributed by atoms with Crippen molar-refractivity contribution in [2.75, 3.05) is 0 Å². The third-order valence-electron chi connectivity index (χ3n) is 3.37. The highest BCUT2D eigenvalue weighted by atomic mass is 16.3. The van der Waals surface area contributed by atoms with E-state index in [2.05, 4.69) is 19.9 Å². The van der Waals surface area contributed by atoms with E-state index in [1.165, 1.54) is 49.7 Å². The van der Waals surface area contributed by atoms with E-state index in [9.17, 15) is 5.11 Å². The van der Waals surface area contributed by atoms with Crippen molar-refractivity contribution >= 4 is 0 Å². The summed E-state index contributed by atoms with van der Waals surface area (Å²) in [5.74, 6) is 0.397. The molecule has 0 aliphatic carbocycles. The van der Waals surface area contributed by atoms with Crippen molar-refractivity contribution in [1.29, 1.82) is 0 Å². The maximum absolute atomic E-state index is 9.44. The van der Waals surface area contributed by atoms with Gasteiger partial charge in [-0.15, -0.1) is 0 Å². The second-order valence-corrected chi connectivity index (χ2v) is 4.82. The lowest BCUT2D eigenvalue weighted by Crippen LogP contribution is -1.93. The first kappa shape index (κ1) is 14.1. The number of hydrogen-bond acceptors (Lipinski definition) is 1. The fraction of sp³-hybridized carbons (Fsp3) is 0.625. The highest BCUT2D eigenvalue weighted by Gasteiger charge is 2.02. The van der Waals surface area contributed by atoms with Crippen molar-refractivity contribution in [1.82, 2.24) is 0 Å². The third kappa shape index (κ3) is 5.25. The number of unbranched alkanes of at least 4 members (excludes halogenated alkanes) is 5. The average molecular weight is 234 g/mol. The molecule has 0 unspecified atom stereocenters. The molecule has 1 heteroatoms. The molecule has 1 nitrogen and oxygen atoms in total. The summed E-state index contributed by atoms with van der Waals surface area (Å²) in [5.41, 5.74) is 2.72. The topological polar surface area (TPSA) is 20.2 Å². The zero-order valence-corrected chi connectivity index (χ0v) is 11.3. The van der Waals surface area contributed by atoms with E-state index >= 15 is 0 Å². The zero-order chi connectivity index (χ0) is 12.5. The fourth-order valence-electron chi connectivity index (χ4n) is 2.28. The Morgan fingerprint density at radius 3 is 2.29 bits per heavy atom. The van der Waals surface area contributed by atoms with Gasteiger partial charge in [-0.2, -0.15) is 0 Å². The van der Waals surface area contributed by atoms with Crippen LogP contribution < -0.4 is 0 Å². The minimum Gasteiger partial charge on any atom is -0.508 e. The van der Waals surface area contributed by atoms with Crippen LogP contribution in [0, 0.1) is 0 Å². The van der Waals surface area contributed by atoms with Gasteiger partial charge in [-0.05, 0) is 42.5 Å². The van der Waals surface area contributed by atoms with Crippen LogP contribution in [0.1, 0.15) is 63.5 Å². The van der Waals surface area contributed by atoms with E-state index in [-0.39, 0.29) is 0 Å². The van der Waals surface area contributed by atoms with Gasteiger partial charge in [-0.25, -0.2) is 0 Å². The Morgan fingerprint density at radius 2 is 1.59 bits per heavy atom. The van der Waals surface area contributed by atoms with Crippen LogP contribution in [0.3, 0.4) is 0 Å². The lowest BCUT2D eigenvalue weighted by molar-refractivity contribution is 0.474. The summed E-state index contributed by atoms with van der Waals surface area (Å²) in [6.07, 6.45) is 10.2. The van der Waals surface area contributed by atoms with Gasteiger partial charge in [-0.3, -0.25) is 0 Å². The Labute approximate surface area is 106 Å². The van der Waals surface area contributed by atoms with E-state index < -0.39 is 0 Å². The van der Waals surface area contributed by atoms with Gasteiger partial charge < -0.3 is 5.11 Å². The van der Waals surface area contributed by atoms with Gasteiger partial charge in [0.15, 0.2) is 0 Å². The maximum Gasteiger partial charge on any atom is 0.115 e. The monoisotopic (exact) mass is 234 g/mol. The summed E-state index contributed by atoms with van der Waals surface area (Å²) >= 11 is 0. The first-order valence-corrected chi connectivity index (χ1v) is 7.08. The van der Waals surface area contributed by atoms with Crippen LogP contribution in [0.25, 0.3) is 0 Å². The summed E-state index contributed by atoms with van der Waals surface area (Å²) in [6.45, 7) is 4.41. The minimum atomic E-state index is 0.397. The fourth-order valence-corrected chi connectivity index (χ4v) is 2.28.